The number of hydrogen-bond donors (Lipinski definition) is 1. The van der Waals surface area contributed by atoms with Gasteiger partial charge in [-0.3, -0.25) is 9.79 Å². The molecular weight excluding hydrogens is 485 g/mol. The van der Waals surface area contributed by atoms with Crippen LogP contribution in [0.1, 0.15) is 37.8 Å². The largest absolute Gasteiger partial charge is 0.496 e. The Bertz CT molecular complexity index is 741. The van der Waals surface area contributed by atoms with E-state index in [0.717, 1.165) is 48.8 Å². The van der Waals surface area contributed by atoms with Gasteiger partial charge in [-0.2, -0.15) is 0 Å². The predicted octanol–water partition coefficient (Wildman–Crippen LogP) is 2.99. The Morgan fingerprint density at radius 2 is 2.21 bits per heavy atom. The third-order valence-corrected chi connectivity index (χ3v) is 5.29. The molecule has 0 amide bonds. The van der Waals surface area contributed by atoms with Crippen molar-refractivity contribution in [2.45, 2.75) is 45.8 Å². The van der Waals surface area contributed by atoms with Crippen LogP contribution < -0.4 is 14.8 Å². The van der Waals surface area contributed by atoms with Gasteiger partial charge in [0.05, 0.1) is 19.6 Å². The fourth-order valence-corrected chi connectivity index (χ4v) is 3.94. The van der Waals surface area contributed by atoms with Gasteiger partial charge >= 0.3 is 5.97 Å². The van der Waals surface area contributed by atoms with Crippen LogP contribution in [0.5, 0.6) is 11.5 Å². The van der Waals surface area contributed by atoms with Gasteiger partial charge in [0.1, 0.15) is 17.6 Å². The van der Waals surface area contributed by atoms with Crippen molar-refractivity contribution in [3.63, 3.8) is 0 Å². The van der Waals surface area contributed by atoms with Crippen LogP contribution in [0.3, 0.4) is 0 Å². The molecule has 29 heavy (non-hydrogen) atoms. The summed E-state index contributed by atoms with van der Waals surface area (Å²) in [6, 6.07) is 4.12. The molecule has 1 aromatic carbocycles. The summed E-state index contributed by atoms with van der Waals surface area (Å²) in [6.45, 7) is 6.40. The van der Waals surface area contributed by atoms with E-state index in [0.29, 0.717) is 19.7 Å². The van der Waals surface area contributed by atoms with Crippen LogP contribution >= 0.6 is 24.0 Å². The van der Waals surface area contributed by atoms with Gasteiger partial charge < -0.3 is 24.4 Å². The summed E-state index contributed by atoms with van der Waals surface area (Å²) in [5.74, 6) is 2.35. The summed E-state index contributed by atoms with van der Waals surface area (Å²) in [6.07, 6.45) is 2.91. The number of methoxy groups -OCH3 is 1. The summed E-state index contributed by atoms with van der Waals surface area (Å²) >= 11 is 0. The number of guanidine groups is 1. The van der Waals surface area contributed by atoms with E-state index in [1.807, 2.05) is 6.92 Å². The van der Waals surface area contributed by atoms with E-state index in [4.69, 9.17) is 14.2 Å². The molecule has 1 fully saturated rings. The Kier molecular flexibility index (Phi) is 8.85. The second-order valence-electron chi connectivity index (χ2n) is 7.34. The van der Waals surface area contributed by atoms with E-state index in [9.17, 15) is 4.79 Å². The molecule has 0 radical (unpaired) electrons. The first kappa shape index (κ1) is 23.6. The lowest BCUT2D eigenvalue weighted by Gasteiger charge is -2.34. The number of ether oxygens (including phenoxy) is 3. The van der Waals surface area contributed by atoms with Gasteiger partial charge in [-0.1, -0.05) is 0 Å². The number of fused-ring (bicyclic) bond motifs is 1. The number of rotatable bonds is 5. The summed E-state index contributed by atoms with van der Waals surface area (Å²) in [4.78, 5) is 18.7. The Morgan fingerprint density at radius 1 is 1.41 bits per heavy atom. The lowest BCUT2D eigenvalue weighted by molar-refractivity contribution is -0.149. The molecule has 1 aromatic rings. The van der Waals surface area contributed by atoms with Crippen LogP contribution in [-0.2, 0) is 22.5 Å². The second kappa shape index (κ2) is 10.9. The van der Waals surface area contributed by atoms with E-state index in [2.05, 4.69) is 34.3 Å². The summed E-state index contributed by atoms with van der Waals surface area (Å²) in [5.41, 5.74) is 2.21. The Balaban J connectivity index is 0.00000300. The van der Waals surface area contributed by atoms with Crippen LogP contribution in [-0.4, -0.2) is 56.8 Å². The number of nitrogens with zero attached hydrogens (tertiary/aromatic N) is 2. The van der Waals surface area contributed by atoms with Crippen LogP contribution in [0, 0.1) is 5.92 Å². The first-order chi connectivity index (χ1) is 13.5. The van der Waals surface area contributed by atoms with Gasteiger partial charge in [-0.25, -0.2) is 0 Å². The summed E-state index contributed by atoms with van der Waals surface area (Å²) in [5, 5.41) is 3.41. The van der Waals surface area contributed by atoms with Gasteiger partial charge in [0, 0.05) is 44.2 Å². The third-order valence-electron chi connectivity index (χ3n) is 5.29. The number of carbonyl (C=O) groups is 1. The van der Waals surface area contributed by atoms with E-state index in [-0.39, 0.29) is 42.0 Å². The first-order valence-corrected chi connectivity index (χ1v) is 10.0. The molecule has 2 unspecified atom stereocenters. The van der Waals surface area contributed by atoms with Crippen molar-refractivity contribution in [3.8, 4) is 11.5 Å². The molecule has 2 atom stereocenters. The van der Waals surface area contributed by atoms with Gasteiger partial charge in [-0.15, -0.1) is 24.0 Å². The van der Waals surface area contributed by atoms with Crippen LogP contribution in [0.15, 0.2) is 17.1 Å². The fraction of sp³-hybridized carbons (Fsp3) is 0.619. The molecular formula is C21H32IN3O4. The predicted molar refractivity (Wildman–Crippen MR) is 123 cm³/mol. The highest BCUT2D eigenvalue weighted by Crippen LogP contribution is 2.35. The Labute approximate surface area is 190 Å². The van der Waals surface area contributed by atoms with Crippen LogP contribution in [0.2, 0.25) is 0 Å². The van der Waals surface area contributed by atoms with E-state index in [1.54, 1.807) is 14.2 Å². The molecule has 1 N–H and O–H groups in total. The highest BCUT2D eigenvalue weighted by atomic mass is 127. The van der Waals surface area contributed by atoms with Gasteiger partial charge in [0.2, 0.25) is 0 Å². The van der Waals surface area contributed by atoms with Crippen molar-refractivity contribution in [1.29, 1.82) is 0 Å². The first-order valence-electron chi connectivity index (χ1n) is 10.0. The minimum Gasteiger partial charge on any atom is -0.496 e. The van der Waals surface area contributed by atoms with Gasteiger partial charge in [0.15, 0.2) is 5.96 Å². The Hall–Kier alpha value is -1.71. The number of benzene rings is 1. The number of aliphatic imine (C=N–C) groups is 1. The lowest BCUT2D eigenvalue weighted by atomic mass is 9.98. The number of halogens is 1. The molecule has 0 bridgehead atoms. The zero-order chi connectivity index (χ0) is 20.1. The molecule has 0 aliphatic carbocycles. The number of nitrogens with one attached hydrogen (secondary N) is 1. The highest BCUT2D eigenvalue weighted by molar-refractivity contribution is 14.0. The average molecular weight is 517 g/mol. The molecule has 0 saturated carbocycles. The molecule has 0 aromatic heterocycles. The van der Waals surface area contributed by atoms with Crippen molar-refractivity contribution >= 4 is 35.9 Å². The van der Waals surface area contributed by atoms with Gasteiger partial charge in [0.25, 0.3) is 0 Å². The molecule has 1 saturated heterocycles. The van der Waals surface area contributed by atoms with Crippen molar-refractivity contribution < 1.29 is 19.0 Å². The van der Waals surface area contributed by atoms with Crippen LogP contribution in [0.4, 0.5) is 0 Å². The topological polar surface area (TPSA) is 72.4 Å². The standard InChI is InChI=1S/C21H31N3O4.HI/c1-5-27-20(25)15-7-6-8-24(13-15)21(22-3)23-12-17-11-19-16(9-14(2)28-19)10-18(17)26-4;/h10-11,14-15H,5-9,12-13H2,1-4H3,(H,22,23);1H. The van der Waals surface area contributed by atoms with Crippen molar-refractivity contribution in [2.24, 2.45) is 10.9 Å². The Morgan fingerprint density at radius 3 is 2.90 bits per heavy atom. The number of carbonyl (C=O) groups excluding carboxylic acids is 1. The number of esters is 1. The fourth-order valence-electron chi connectivity index (χ4n) is 3.94. The number of likely N-dealkylation sites (tertiary alicyclic amines) is 1. The summed E-state index contributed by atoms with van der Waals surface area (Å²) in [7, 11) is 3.45. The molecule has 7 nitrogen and oxygen atoms in total. The normalized spacial score (nSPS) is 21.0. The minimum atomic E-state index is -0.116. The van der Waals surface area contributed by atoms with E-state index >= 15 is 0 Å². The lowest BCUT2D eigenvalue weighted by Crippen LogP contribution is -2.48. The van der Waals surface area contributed by atoms with Crippen LogP contribution in [0.25, 0.3) is 0 Å². The smallest absolute Gasteiger partial charge is 0.310 e. The van der Waals surface area contributed by atoms with Gasteiger partial charge in [-0.05, 0) is 38.8 Å². The average Bonchev–Trinajstić information content (AvgIpc) is 3.07. The maximum absolute atomic E-state index is 12.1. The number of piperidine rings is 1. The minimum absolute atomic E-state index is 0. The second-order valence-corrected chi connectivity index (χ2v) is 7.34. The summed E-state index contributed by atoms with van der Waals surface area (Å²) < 4.78 is 16.7. The molecule has 8 heteroatoms. The zero-order valence-electron chi connectivity index (χ0n) is 17.7. The van der Waals surface area contributed by atoms with Crippen molar-refractivity contribution in [2.75, 3.05) is 33.9 Å². The molecule has 2 heterocycles. The molecule has 162 valence electrons. The highest BCUT2D eigenvalue weighted by Gasteiger charge is 2.28. The van der Waals surface area contributed by atoms with E-state index in [1.165, 1.54) is 5.56 Å². The van der Waals surface area contributed by atoms with Crippen molar-refractivity contribution in [1.82, 2.24) is 10.2 Å². The quantitative estimate of drug-likeness (QED) is 0.280. The number of hydrogen-bond acceptors (Lipinski definition) is 5. The van der Waals surface area contributed by atoms with E-state index < -0.39 is 0 Å². The monoisotopic (exact) mass is 517 g/mol. The molecule has 2 aliphatic rings. The SMILES string of the molecule is CCOC(=O)C1CCCN(C(=NC)NCc2cc3c(cc2OC)CC(C)O3)C1.I. The maximum Gasteiger partial charge on any atom is 0.310 e. The molecule has 3 rings (SSSR count). The van der Waals surface area contributed by atoms with Crippen molar-refractivity contribution in [3.05, 3.63) is 23.3 Å². The maximum atomic E-state index is 12.1. The molecule has 0 spiro atoms. The zero-order valence-corrected chi connectivity index (χ0v) is 20.0. The molecule has 2 aliphatic heterocycles. The third kappa shape index (κ3) is 5.67.